The molecular weight excluding hydrogens is 288 g/mol. The van der Waals surface area contributed by atoms with E-state index in [4.69, 9.17) is 14.2 Å². The highest BCUT2D eigenvalue weighted by molar-refractivity contribution is 9.10. The predicted octanol–water partition coefficient (Wildman–Crippen LogP) is 3.03. The minimum atomic E-state index is -0.416. The normalized spacial score (nSPS) is 10.2. The van der Waals surface area contributed by atoms with Gasteiger partial charge in [-0.2, -0.15) is 0 Å². The van der Waals surface area contributed by atoms with E-state index in [1.165, 1.54) is 7.11 Å². The average molecular weight is 303 g/mol. The molecule has 0 atom stereocenters. The molecule has 0 aliphatic rings. The number of ether oxygens (including phenoxy) is 3. The summed E-state index contributed by atoms with van der Waals surface area (Å²) in [7, 11) is 3.04. The fraction of sp³-hybridized carbons (Fsp3) is 0.417. The molecular formula is C12H15BrO4. The van der Waals surface area contributed by atoms with Crippen molar-refractivity contribution >= 4 is 21.9 Å². The minimum Gasteiger partial charge on any atom is -0.496 e. The number of carbonyl (C=O) groups is 1. The summed E-state index contributed by atoms with van der Waals surface area (Å²) in [6.45, 7) is 3.59. The van der Waals surface area contributed by atoms with Gasteiger partial charge >= 0.3 is 5.97 Å². The fourth-order valence-corrected chi connectivity index (χ4v) is 1.80. The van der Waals surface area contributed by atoms with Crippen molar-refractivity contribution in [1.29, 1.82) is 0 Å². The van der Waals surface area contributed by atoms with Crippen LogP contribution in [0, 0.1) is 0 Å². The van der Waals surface area contributed by atoms with E-state index < -0.39 is 5.97 Å². The Bertz CT molecular complexity index is 415. The van der Waals surface area contributed by atoms with Gasteiger partial charge in [-0.1, -0.05) is 0 Å². The summed E-state index contributed by atoms with van der Waals surface area (Å²) in [5.74, 6) is 0.610. The van der Waals surface area contributed by atoms with E-state index in [9.17, 15) is 4.79 Å². The zero-order valence-corrected chi connectivity index (χ0v) is 11.8. The standard InChI is InChI=1S/C12H15BrO4/c1-7(2)17-12(14)8-5-9(13)11(16-4)6-10(8)15-3/h5-7H,1-4H3. The lowest BCUT2D eigenvalue weighted by molar-refractivity contribution is 0.0374. The Labute approximate surface area is 109 Å². The fourth-order valence-electron chi connectivity index (χ4n) is 1.30. The van der Waals surface area contributed by atoms with Crippen molar-refractivity contribution < 1.29 is 19.0 Å². The van der Waals surface area contributed by atoms with E-state index in [2.05, 4.69) is 15.9 Å². The molecule has 0 bridgehead atoms. The first-order chi connectivity index (χ1) is 7.99. The molecule has 1 rings (SSSR count). The Hall–Kier alpha value is -1.23. The average Bonchev–Trinajstić information content (AvgIpc) is 2.27. The lowest BCUT2D eigenvalue weighted by Crippen LogP contribution is -2.12. The van der Waals surface area contributed by atoms with Crippen LogP contribution in [0.1, 0.15) is 24.2 Å². The molecule has 1 aromatic carbocycles. The molecule has 0 radical (unpaired) electrons. The second-order valence-electron chi connectivity index (χ2n) is 3.64. The topological polar surface area (TPSA) is 44.8 Å². The van der Waals surface area contributed by atoms with Crippen LogP contribution in [-0.2, 0) is 4.74 Å². The Kier molecular flexibility index (Phi) is 4.81. The molecule has 94 valence electrons. The van der Waals surface area contributed by atoms with Gasteiger partial charge in [-0.05, 0) is 35.8 Å². The van der Waals surface area contributed by atoms with E-state index >= 15 is 0 Å². The van der Waals surface area contributed by atoms with Gasteiger partial charge in [0.1, 0.15) is 17.1 Å². The third-order valence-corrected chi connectivity index (χ3v) is 2.66. The first kappa shape index (κ1) is 13.8. The van der Waals surface area contributed by atoms with Gasteiger partial charge in [-0.15, -0.1) is 0 Å². The largest absolute Gasteiger partial charge is 0.496 e. The van der Waals surface area contributed by atoms with Gasteiger partial charge in [-0.25, -0.2) is 4.79 Å². The Balaban J connectivity index is 3.14. The van der Waals surface area contributed by atoms with Gasteiger partial charge in [0, 0.05) is 6.07 Å². The zero-order chi connectivity index (χ0) is 13.0. The molecule has 0 fully saturated rings. The monoisotopic (exact) mass is 302 g/mol. The van der Waals surface area contributed by atoms with Crippen LogP contribution in [0.4, 0.5) is 0 Å². The third-order valence-electron chi connectivity index (χ3n) is 2.04. The molecule has 0 aliphatic heterocycles. The van der Waals surface area contributed by atoms with Crippen LogP contribution in [0.2, 0.25) is 0 Å². The zero-order valence-electron chi connectivity index (χ0n) is 10.2. The first-order valence-electron chi connectivity index (χ1n) is 5.12. The highest BCUT2D eigenvalue weighted by atomic mass is 79.9. The van der Waals surface area contributed by atoms with E-state index in [0.29, 0.717) is 21.5 Å². The van der Waals surface area contributed by atoms with Crippen LogP contribution < -0.4 is 9.47 Å². The number of hydrogen-bond donors (Lipinski definition) is 0. The highest BCUT2D eigenvalue weighted by Crippen LogP contribution is 2.33. The van der Waals surface area contributed by atoms with Crippen molar-refractivity contribution in [3.8, 4) is 11.5 Å². The lowest BCUT2D eigenvalue weighted by Gasteiger charge is -2.13. The van der Waals surface area contributed by atoms with Crippen molar-refractivity contribution in [1.82, 2.24) is 0 Å². The molecule has 1 aromatic rings. The number of rotatable bonds is 4. The van der Waals surface area contributed by atoms with E-state index in [1.807, 2.05) is 0 Å². The van der Waals surface area contributed by atoms with Gasteiger partial charge in [0.2, 0.25) is 0 Å². The van der Waals surface area contributed by atoms with Crippen LogP contribution in [0.15, 0.2) is 16.6 Å². The minimum absolute atomic E-state index is 0.173. The SMILES string of the molecule is COc1cc(OC)c(C(=O)OC(C)C)cc1Br. The summed E-state index contributed by atoms with van der Waals surface area (Å²) >= 11 is 3.32. The van der Waals surface area contributed by atoms with Crippen LogP contribution in [-0.4, -0.2) is 26.3 Å². The lowest BCUT2D eigenvalue weighted by atomic mass is 10.2. The second kappa shape index (κ2) is 5.91. The summed E-state index contributed by atoms with van der Waals surface area (Å²) in [4.78, 5) is 11.8. The summed E-state index contributed by atoms with van der Waals surface area (Å²) in [6, 6.07) is 3.27. The number of carbonyl (C=O) groups excluding carboxylic acids is 1. The maximum atomic E-state index is 11.8. The number of benzene rings is 1. The molecule has 0 N–H and O–H groups in total. The second-order valence-corrected chi connectivity index (χ2v) is 4.50. The van der Waals surface area contributed by atoms with Crippen LogP contribution in [0.5, 0.6) is 11.5 Å². The molecule has 0 unspecified atom stereocenters. The molecule has 0 spiro atoms. The van der Waals surface area contributed by atoms with Gasteiger partial charge in [0.15, 0.2) is 0 Å². The highest BCUT2D eigenvalue weighted by Gasteiger charge is 2.18. The number of hydrogen-bond acceptors (Lipinski definition) is 4. The molecule has 0 heterocycles. The summed E-state index contributed by atoms with van der Waals surface area (Å²) in [5.41, 5.74) is 0.369. The van der Waals surface area contributed by atoms with Crippen molar-refractivity contribution in [2.75, 3.05) is 14.2 Å². The molecule has 0 saturated carbocycles. The molecule has 17 heavy (non-hydrogen) atoms. The summed E-state index contributed by atoms with van der Waals surface area (Å²) in [5, 5.41) is 0. The van der Waals surface area contributed by atoms with Gasteiger partial charge in [0.05, 0.1) is 24.8 Å². The summed E-state index contributed by atoms with van der Waals surface area (Å²) < 4.78 is 16.1. The smallest absolute Gasteiger partial charge is 0.342 e. The summed E-state index contributed by atoms with van der Waals surface area (Å²) in [6.07, 6.45) is -0.173. The molecule has 5 heteroatoms. The van der Waals surface area contributed by atoms with E-state index in [1.54, 1.807) is 33.1 Å². The van der Waals surface area contributed by atoms with Gasteiger partial charge in [-0.3, -0.25) is 0 Å². The van der Waals surface area contributed by atoms with Crippen LogP contribution in [0.3, 0.4) is 0 Å². The van der Waals surface area contributed by atoms with Crippen LogP contribution in [0.25, 0.3) is 0 Å². The molecule has 0 aromatic heterocycles. The number of methoxy groups -OCH3 is 2. The molecule has 0 amide bonds. The molecule has 0 aliphatic carbocycles. The molecule has 4 nitrogen and oxygen atoms in total. The quantitative estimate of drug-likeness (QED) is 0.802. The predicted molar refractivity (Wildman–Crippen MR) is 67.8 cm³/mol. The van der Waals surface area contributed by atoms with Crippen LogP contribution >= 0.6 is 15.9 Å². The Morgan fingerprint density at radius 3 is 2.24 bits per heavy atom. The van der Waals surface area contributed by atoms with Crippen molar-refractivity contribution in [2.24, 2.45) is 0 Å². The van der Waals surface area contributed by atoms with Crippen molar-refractivity contribution in [3.63, 3.8) is 0 Å². The first-order valence-corrected chi connectivity index (χ1v) is 5.91. The van der Waals surface area contributed by atoms with E-state index in [0.717, 1.165) is 0 Å². The van der Waals surface area contributed by atoms with Crippen molar-refractivity contribution in [3.05, 3.63) is 22.2 Å². The molecule has 0 saturated heterocycles. The Morgan fingerprint density at radius 2 is 1.76 bits per heavy atom. The maximum absolute atomic E-state index is 11.8. The number of esters is 1. The van der Waals surface area contributed by atoms with E-state index in [-0.39, 0.29) is 6.10 Å². The maximum Gasteiger partial charge on any atom is 0.342 e. The van der Waals surface area contributed by atoms with Gasteiger partial charge in [0.25, 0.3) is 0 Å². The van der Waals surface area contributed by atoms with Crippen molar-refractivity contribution in [2.45, 2.75) is 20.0 Å². The van der Waals surface area contributed by atoms with Gasteiger partial charge < -0.3 is 14.2 Å². The Morgan fingerprint density at radius 1 is 1.18 bits per heavy atom. The third kappa shape index (κ3) is 3.36. The number of halogens is 1.